The van der Waals surface area contributed by atoms with Gasteiger partial charge in [-0.2, -0.15) is 0 Å². The second-order valence-corrected chi connectivity index (χ2v) is 13.1. The molecule has 0 atom stereocenters. The van der Waals surface area contributed by atoms with Gasteiger partial charge in [-0.3, -0.25) is 0 Å². The van der Waals surface area contributed by atoms with Crippen molar-refractivity contribution in [3.63, 3.8) is 0 Å². The zero-order valence-corrected chi connectivity index (χ0v) is 20.0. The Labute approximate surface area is 201 Å². The first kappa shape index (κ1) is 19.6. The van der Waals surface area contributed by atoms with Crippen molar-refractivity contribution in [1.29, 1.82) is 0 Å². The maximum absolute atomic E-state index is 6.61. The van der Waals surface area contributed by atoms with Crippen LogP contribution in [0, 0.1) is 6.92 Å². The highest BCUT2D eigenvalue weighted by Crippen LogP contribution is 2.27. The van der Waals surface area contributed by atoms with Crippen molar-refractivity contribution in [2.24, 2.45) is 0 Å². The lowest BCUT2D eigenvalue weighted by Gasteiger charge is -2.44. The number of aryl methyl sites for hydroxylation is 1. The van der Waals surface area contributed by atoms with Crippen LogP contribution in [0.15, 0.2) is 121 Å². The molecule has 0 radical (unpaired) electrons. The van der Waals surface area contributed by atoms with Crippen molar-refractivity contribution in [1.82, 2.24) is 0 Å². The molecular weight excluding hydrogens is 427 g/mol. The summed E-state index contributed by atoms with van der Waals surface area (Å²) in [7, 11) is -2.56. The van der Waals surface area contributed by atoms with Gasteiger partial charge in [0.1, 0.15) is 11.5 Å². The molecule has 5 aromatic rings. The van der Waals surface area contributed by atoms with Crippen molar-refractivity contribution in [3.8, 4) is 11.5 Å². The highest BCUT2D eigenvalue weighted by molar-refractivity contribution is 7.26. The summed E-state index contributed by atoms with van der Waals surface area (Å²) in [6.07, 6.45) is 0. The number of fused-ring (bicyclic) bond motifs is 4. The van der Waals surface area contributed by atoms with E-state index < -0.39 is 8.07 Å². The van der Waals surface area contributed by atoms with Gasteiger partial charge in [-0.1, -0.05) is 115 Å². The van der Waals surface area contributed by atoms with Crippen LogP contribution < -0.4 is 41.9 Å². The standard InChI is InChI=1S/C31H23BOSi/c1-22-20-28-31-30(21-22)34(23-12-4-2-5-13-23,24-14-6-3-7-15-24)29-19-11-9-17-26(29)32(31)25-16-8-10-18-27(25)33-28/h2-21H,1H3. The number of benzene rings is 5. The van der Waals surface area contributed by atoms with Gasteiger partial charge in [0, 0.05) is 0 Å². The first-order valence-corrected chi connectivity index (χ1v) is 13.9. The molecule has 0 aromatic heterocycles. The van der Waals surface area contributed by atoms with E-state index in [1.54, 1.807) is 0 Å². The molecular formula is C31H23BOSi. The minimum absolute atomic E-state index is 0.180. The van der Waals surface area contributed by atoms with E-state index in [-0.39, 0.29) is 6.71 Å². The number of rotatable bonds is 2. The van der Waals surface area contributed by atoms with Crippen LogP contribution in [0.25, 0.3) is 0 Å². The van der Waals surface area contributed by atoms with Gasteiger partial charge >= 0.3 is 0 Å². The van der Waals surface area contributed by atoms with E-state index >= 15 is 0 Å². The Bertz CT molecular complexity index is 1510. The van der Waals surface area contributed by atoms with Gasteiger partial charge in [0.15, 0.2) is 8.07 Å². The number of hydrogen-bond donors (Lipinski definition) is 0. The molecule has 0 spiro atoms. The molecule has 2 aliphatic heterocycles. The molecule has 2 aliphatic rings. The molecule has 0 bridgehead atoms. The van der Waals surface area contributed by atoms with E-state index in [9.17, 15) is 0 Å². The molecule has 0 amide bonds. The molecule has 160 valence electrons. The molecule has 0 fully saturated rings. The van der Waals surface area contributed by atoms with Crippen LogP contribution in [0.5, 0.6) is 11.5 Å². The van der Waals surface area contributed by atoms with Crippen molar-refractivity contribution >= 4 is 51.9 Å². The molecule has 5 aromatic carbocycles. The average Bonchev–Trinajstić information content (AvgIpc) is 2.89. The topological polar surface area (TPSA) is 9.23 Å². The monoisotopic (exact) mass is 450 g/mol. The normalized spacial score (nSPS) is 14.4. The Morgan fingerprint density at radius 2 is 1.15 bits per heavy atom. The lowest BCUT2D eigenvalue weighted by atomic mass is 9.35. The smallest absolute Gasteiger partial charge is 0.250 e. The van der Waals surface area contributed by atoms with Crippen LogP contribution in [0.2, 0.25) is 0 Å². The summed E-state index contributed by atoms with van der Waals surface area (Å²) in [6, 6.07) is 44.7. The van der Waals surface area contributed by atoms with Gasteiger partial charge in [-0.25, -0.2) is 0 Å². The Morgan fingerprint density at radius 1 is 0.559 bits per heavy atom. The summed E-state index contributed by atoms with van der Waals surface area (Å²) < 4.78 is 6.61. The third-order valence-electron chi connectivity index (χ3n) is 7.52. The first-order valence-electron chi connectivity index (χ1n) is 11.9. The van der Waals surface area contributed by atoms with Crippen molar-refractivity contribution < 1.29 is 4.74 Å². The average molecular weight is 450 g/mol. The van der Waals surface area contributed by atoms with Crippen molar-refractivity contribution in [2.75, 3.05) is 0 Å². The van der Waals surface area contributed by atoms with Crippen molar-refractivity contribution in [3.05, 3.63) is 127 Å². The van der Waals surface area contributed by atoms with Crippen LogP contribution in [-0.4, -0.2) is 14.8 Å². The fraction of sp³-hybridized carbons (Fsp3) is 0.0323. The second-order valence-electron chi connectivity index (χ2n) is 9.37. The third-order valence-corrected chi connectivity index (χ3v) is 12.4. The summed E-state index contributed by atoms with van der Waals surface area (Å²) in [5, 5.41) is 5.77. The largest absolute Gasteiger partial charge is 0.458 e. The highest BCUT2D eigenvalue weighted by Gasteiger charge is 2.52. The lowest BCUT2D eigenvalue weighted by Crippen LogP contribution is -2.87. The Hall–Kier alpha value is -3.82. The van der Waals surface area contributed by atoms with E-state index in [0.29, 0.717) is 0 Å². The predicted molar refractivity (Wildman–Crippen MR) is 146 cm³/mol. The lowest BCUT2D eigenvalue weighted by molar-refractivity contribution is 0.487. The summed E-state index contributed by atoms with van der Waals surface area (Å²) in [6.45, 7) is 2.38. The summed E-state index contributed by atoms with van der Waals surface area (Å²) in [4.78, 5) is 0. The van der Waals surface area contributed by atoms with Crippen LogP contribution in [0.3, 0.4) is 0 Å². The molecule has 1 nitrogen and oxygen atoms in total. The zero-order chi connectivity index (χ0) is 22.7. The molecule has 2 heterocycles. The van der Waals surface area contributed by atoms with E-state index in [0.717, 1.165) is 11.5 Å². The third kappa shape index (κ3) is 2.56. The predicted octanol–water partition coefficient (Wildman–Crippen LogP) is 2.31. The van der Waals surface area contributed by atoms with Gasteiger partial charge in [-0.05, 0) is 56.3 Å². The summed E-state index contributed by atoms with van der Waals surface area (Å²) in [5.41, 5.74) is 5.27. The molecule has 0 unspecified atom stereocenters. The SMILES string of the molecule is Cc1cc2c3c(c1)[Si](c1ccccc1)(c1ccccc1)c1ccccc1B3c1ccccc1O2. The molecule has 0 N–H and O–H groups in total. The Kier molecular flexibility index (Phi) is 4.24. The van der Waals surface area contributed by atoms with E-state index in [2.05, 4.69) is 128 Å². The van der Waals surface area contributed by atoms with E-state index in [1.165, 1.54) is 42.7 Å². The van der Waals surface area contributed by atoms with Crippen LogP contribution in [0.4, 0.5) is 0 Å². The quantitative estimate of drug-likeness (QED) is 0.368. The minimum atomic E-state index is -2.56. The van der Waals surface area contributed by atoms with Gasteiger partial charge in [0.05, 0.1) is 0 Å². The first-order chi connectivity index (χ1) is 16.8. The molecule has 0 saturated carbocycles. The second kappa shape index (κ2) is 7.34. The number of hydrogen-bond acceptors (Lipinski definition) is 1. The minimum Gasteiger partial charge on any atom is -0.458 e. The summed E-state index contributed by atoms with van der Waals surface area (Å²) >= 11 is 0. The van der Waals surface area contributed by atoms with Gasteiger partial charge in [0.25, 0.3) is 6.71 Å². The van der Waals surface area contributed by atoms with E-state index in [4.69, 9.17) is 4.74 Å². The van der Waals surface area contributed by atoms with Crippen LogP contribution >= 0.6 is 0 Å². The van der Waals surface area contributed by atoms with Gasteiger partial charge in [-0.15, -0.1) is 0 Å². The zero-order valence-electron chi connectivity index (χ0n) is 19.0. The molecule has 34 heavy (non-hydrogen) atoms. The molecule has 3 heteroatoms. The molecule has 7 rings (SSSR count). The number of para-hydroxylation sites is 1. The fourth-order valence-electron chi connectivity index (χ4n) is 6.27. The summed E-state index contributed by atoms with van der Waals surface area (Å²) in [5.74, 6) is 1.98. The molecule has 0 saturated heterocycles. The maximum Gasteiger partial charge on any atom is 0.250 e. The Morgan fingerprint density at radius 3 is 1.85 bits per heavy atom. The highest BCUT2D eigenvalue weighted by atomic mass is 28.3. The van der Waals surface area contributed by atoms with Crippen LogP contribution in [0.1, 0.15) is 5.56 Å². The van der Waals surface area contributed by atoms with Gasteiger partial charge in [0.2, 0.25) is 0 Å². The Balaban J connectivity index is 1.70. The van der Waals surface area contributed by atoms with Crippen LogP contribution in [-0.2, 0) is 0 Å². The maximum atomic E-state index is 6.61. The molecule has 0 aliphatic carbocycles. The number of ether oxygens (including phenoxy) is 1. The fourth-order valence-corrected chi connectivity index (χ4v) is 11.6. The van der Waals surface area contributed by atoms with Crippen molar-refractivity contribution in [2.45, 2.75) is 6.92 Å². The van der Waals surface area contributed by atoms with E-state index in [1.807, 2.05) is 0 Å². The van der Waals surface area contributed by atoms with Gasteiger partial charge < -0.3 is 4.74 Å².